The first-order valence-corrected chi connectivity index (χ1v) is 12.2. The highest BCUT2D eigenvalue weighted by molar-refractivity contribution is 6.00. The van der Waals surface area contributed by atoms with E-state index in [0.29, 0.717) is 6.54 Å². The van der Waals surface area contributed by atoms with E-state index < -0.39 is 0 Å². The molecular weight excluding hydrogens is 428 g/mol. The molecule has 1 saturated carbocycles. The highest BCUT2D eigenvalue weighted by atomic mass is 16.5. The molecule has 1 aliphatic heterocycles. The van der Waals surface area contributed by atoms with Crippen LogP contribution in [0.4, 0.5) is 11.4 Å². The largest absolute Gasteiger partial charge is 0.496 e. The van der Waals surface area contributed by atoms with Gasteiger partial charge in [0.2, 0.25) is 5.91 Å². The van der Waals surface area contributed by atoms with Crippen molar-refractivity contribution in [2.24, 2.45) is 5.92 Å². The number of nitrogens with one attached hydrogen (secondary N) is 3. The fraction of sp³-hybridized carbons (Fsp3) is 0.481. The number of nitrogens with zero attached hydrogens (tertiary/aromatic N) is 1. The van der Waals surface area contributed by atoms with Crippen molar-refractivity contribution in [1.82, 2.24) is 10.2 Å². The maximum absolute atomic E-state index is 13.3. The quantitative estimate of drug-likeness (QED) is 0.513. The normalized spacial score (nSPS) is 19.6. The van der Waals surface area contributed by atoms with E-state index in [-0.39, 0.29) is 23.8 Å². The topological polar surface area (TPSA) is 82.7 Å². The van der Waals surface area contributed by atoms with Crippen molar-refractivity contribution in [2.45, 2.75) is 52.1 Å². The minimum absolute atomic E-state index is 0.0339. The van der Waals surface area contributed by atoms with E-state index >= 15 is 0 Å². The highest BCUT2D eigenvalue weighted by Crippen LogP contribution is 2.36. The Morgan fingerprint density at radius 2 is 1.79 bits per heavy atom. The first-order chi connectivity index (χ1) is 16.4. The molecule has 7 nitrogen and oxygen atoms in total. The average molecular weight is 465 g/mol. The Kier molecular flexibility index (Phi) is 7.41. The molecule has 4 rings (SSSR count). The zero-order valence-electron chi connectivity index (χ0n) is 20.7. The molecule has 34 heavy (non-hydrogen) atoms. The Morgan fingerprint density at radius 1 is 1.03 bits per heavy atom. The molecule has 3 N–H and O–H groups in total. The number of hydrogen-bond donors (Lipinski definition) is 3. The molecule has 0 aromatic heterocycles. The molecule has 2 aromatic rings. The van der Waals surface area contributed by atoms with Gasteiger partial charge in [-0.3, -0.25) is 9.59 Å². The molecule has 0 atom stereocenters. The van der Waals surface area contributed by atoms with Crippen LogP contribution in [0.1, 0.15) is 52.7 Å². The van der Waals surface area contributed by atoms with Crippen molar-refractivity contribution in [2.75, 3.05) is 37.9 Å². The first kappa shape index (κ1) is 24.1. The summed E-state index contributed by atoms with van der Waals surface area (Å²) < 4.78 is 5.37. The lowest BCUT2D eigenvalue weighted by Gasteiger charge is -2.34. The van der Waals surface area contributed by atoms with Gasteiger partial charge in [0.1, 0.15) is 5.75 Å². The summed E-state index contributed by atoms with van der Waals surface area (Å²) in [7, 11) is 3.56. The van der Waals surface area contributed by atoms with Crippen LogP contribution in [0, 0.1) is 19.8 Å². The van der Waals surface area contributed by atoms with Gasteiger partial charge >= 0.3 is 0 Å². The molecule has 2 amide bonds. The van der Waals surface area contributed by atoms with E-state index in [1.807, 2.05) is 43.1 Å². The third-order valence-electron chi connectivity index (χ3n) is 7.18. The van der Waals surface area contributed by atoms with Crippen molar-refractivity contribution >= 4 is 23.2 Å². The number of carbonyl (C=O) groups excluding carboxylic acids is 2. The number of benzene rings is 2. The van der Waals surface area contributed by atoms with Gasteiger partial charge in [-0.2, -0.15) is 0 Å². The molecule has 1 heterocycles. The SMILES string of the molecule is CNCCNc1cc(C)c2c(c1)C(=O)N(C1CCC(C(=O)Nc3ccc(C)c(OC)c3)CC1)C2. The molecule has 0 radical (unpaired) electrons. The second kappa shape index (κ2) is 10.5. The third kappa shape index (κ3) is 5.04. The summed E-state index contributed by atoms with van der Waals surface area (Å²) in [6.45, 7) is 6.41. The summed E-state index contributed by atoms with van der Waals surface area (Å²) in [5.74, 6) is 0.904. The molecule has 1 aliphatic carbocycles. The van der Waals surface area contributed by atoms with E-state index in [2.05, 4.69) is 28.9 Å². The van der Waals surface area contributed by atoms with Crippen LogP contribution in [0.25, 0.3) is 0 Å². The van der Waals surface area contributed by atoms with Crippen molar-refractivity contribution in [3.8, 4) is 5.75 Å². The molecule has 182 valence electrons. The lowest BCUT2D eigenvalue weighted by Crippen LogP contribution is -2.40. The maximum Gasteiger partial charge on any atom is 0.254 e. The summed E-state index contributed by atoms with van der Waals surface area (Å²) in [6.07, 6.45) is 3.27. The number of carbonyl (C=O) groups is 2. The number of rotatable bonds is 8. The number of aryl methyl sites for hydroxylation is 2. The van der Waals surface area contributed by atoms with Gasteiger partial charge in [-0.15, -0.1) is 0 Å². The van der Waals surface area contributed by atoms with Crippen LogP contribution in [0.2, 0.25) is 0 Å². The van der Waals surface area contributed by atoms with Gasteiger partial charge in [-0.1, -0.05) is 6.07 Å². The van der Waals surface area contributed by atoms with Crippen LogP contribution in [-0.2, 0) is 11.3 Å². The van der Waals surface area contributed by atoms with E-state index in [1.54, 1.807) is 7.11 Å². The van der Waals surface area contributed by atoms with E-state index in [0.717, 1.165) is 78.2 Å². The van der Waals surface area contributed by atoms with Crippen LogP contribution in [0.5, 0.6) is 5.75 Å². The van der Waals surface area contributed by atoms with Gasteiger partial charge in [-0.05, 0) is 81.5 Å². The lowest BCUT2D eigenvalue weighted by molar-refractivity contribution is -0.121. The van der Waals surface area contributed by atoms with Crippen molar-refractivity contribution in [1.29, 1.82) is 0 Å². The zero-order valence-corrected chi connectivity index (χ0v) is 20.7. The number of fused-ring (bicyclic) bond motifs is 1. The Balaban J connectivity index is 1.35. The average Bonchev–Trinajstić information content (AvgIpc) is 3.17. The Bertz CT molecular complexity index is 1060. The number of amides is 2. The van der Waals surface area contributed by atoms with Crippen LogP contribution >= 0.6 is 0 Å². The first-order valence-electron chi connectivity index (χ1n) is 12.2. The molecule has 0 spiro atoms. The molecular formula is C27H36N4O3. The smallest absolute Gasteiger partial charge is 0.254 e. The zero-order chi connectivity index (χ0) is 24.2. The summed E-state index contributed by atoms with van der Waals surface area (Å²) in [6, 6.07) is 10.0. The van der Waals surface area contributed by atoms with Gasteiger partial charge in [0.05, 0.1) is 7.11 Å². The predicted octanol–water partition coefficient (Wildman–Crippen LogP) is 4.10. The third-order valence-corrected chi connectivity index (χ3v) is 7.18. The minimum Gasteiger partial charge on any atom is -0.496 e. The van der Waals surface area contributed by atoms with Gasteiger partial charge in [0.25, 0.3) is 5.91 Å². The molecule has 0 bridgehead atoms. The fourth-order valence-electron chi connectivity index (χ4n) is 5.14. The van der Waals surface area contributed by atoms with Gasteiger partial charge in [-0.25, -0.2) is 0 Å². The minimum atomic E-state index is -0.0339. The van der Waals surface area contributed by atoms with E-state index in [9.17, 15) is 9.59 Å². The van der Waals surface area contributed by atoms with Gasteiger partial charge < -0.3 is 25.6 Å². The number of anilines is 2. The van der Waals surface area contributed by atoms with Crippen LogP contribution in [0.3, 0.4) is 0 Å². The summed E-state index contributed by atoms with van der Waals surface area (Å²) in [5.41, 5.74) is 5.90. The van der Waals surface area contributed by atoms with Gasteiger partial charge in [0.15, 0.2) is 0 Å². The second-order valence-electron chi connectivity index (χ2n) is 9.46. The number of ether oxygens (including phenoxy) is 1. The number of likely N-dealkylation sites (N-methyl/N-ethyl adjacent to an activating group) is 1. The Morgan fingerprint density at radius 3 is 2.50 bits per heavy atom. The van der Waals surface area contributed by atoms with Crippen LogP contribution in [-0.4, -0.2) is 50.0 Å². The Labute approximate surface area is 202 Å². The molecule has 1 fully saturated rings. The maximum atomic E-state index is 13.3. The molecule has 0 saturated heterocycles. The molecule has 2 aliphatic rings. The van der Waals surface area contributed by atoms with Crippen molar-refractivity contribution < 1.29 is 14.3 Å². The summed E-state index contributed by atoms with van der Waals surface area (Å²) >= 11 is 0. The number of hydrogen-bond acceptors (Lipinski definition) is 5. The highest BCUT2D eigenvalue weighted by Gasteiger charge is 2.37. The summed E-state index contributed by atoms with van der Waals surface area (Å²) in [4.78, 5) is 28.2. The van der Waals surface area contributed by atoms with Crippen LogP contribution < -0.4 is 20.7 Å². The van der Waals surface area contributed by atoms with Crippen LogP contribution in [0.15, 0.2) is 30.3 Å². The molecule has 0 unspecified atom stereocenters. The van der Waals surface area contributed by atoms with Gasteiger partial charge in [0, 0.05) is 54.6 Å². The lowest BCUT2D eigenvalue weighted by atomic mass is 9.84. The molecule has 7 heteroatoms. The standard InChI is InChI=1S/C27H36N4O3/c1-17-5-8-20(15-25(17)34-4)30-26(32)19-6-9-22(10-7-19)31-16-24-18(2)13-21(29-12-11-28-3)14-23(24)27(31)33/h5,8,13-15,19,22,28-29H,6-7,9-12,16H2,1-4H3,(H,30,32). The monoisotopic (exact) mass is 464 g/mol. The Hall–Kier alpha value is -3.06. The second-order valence-corrected chi connectivity index (χ2v) is 9.46. The van der Waals surface area contributed by atoms with E-state index in [4.69, 9.17) is 4.74 Å². The van der Waals surface area contributed by atoms with E-state index in [1.165, 1.54) is 0 Å². The van der Waals surface area contributed by atoms with Crippen molar-refractivity contribution in [3.05, 3.63) is 52.6 Å². The predicted molar refractivity (Wildman–Crippen MR) is 136 cm³/mol. The number of methoxy groups -OCH3 is 1. The molecule has 2 aromatic carbocycles. The van der Waals surface area contributed by atoms with Crippen molar-refractivity contribution in [3.63, 3.8) is 0 Å². The fourth-order valence-corrected chi connectivity index (χ4v) is 5.14. The summed E-state index contributed by atoms with van der Waals surface area (Å²) in [5, 5.41) is 9.56.